The molecule has 3 aromatic heterocycles. The Morgan fingerprint density at radius 3 is 3.03 bits per heavy atom. The second-order valence-electron chi connectivity index (χ2n) is 8.40. The molecule has 33 heavy (non-hydrogen) atoms. The summed E-state index contributed by atoms with van der Waals surface area (Å²) in [5, 5.41) is 0.564. The third-order valence-electron chi connectivity index (χ3n) is 6.10. The number of benzene rings is 1. The number of carbonyl (C=O) groups is 1. The Kier molecular flexibility index (Phi) is 5.81. The van der Waals surface area contributed by atoms with E-state index in [2.05, 4.69) is 9.97 Å². The van der Waals surface area contributed by atoms with E-state index in [1.54, 1.807) is 30.0 Å². The van der Waals surface area contributed by atoms with Gasteiger partial charge in [-0.2, -0.15) is 0 Å². The summed E-state index contributed by atoms with van der Waals surface area (Å²) < 4.78 is 13.2. The van der Waals surface area contributed by atoms with E-state index in [-0.39, 0.29) is 11.8 Å². The number of oxazole rings is 1. The minimum absolute atomic E-state index is 0.0462. The molecule has 1 aliphatic heterocycles. The largest absolute Gasteiger partial charge is 0.497 e. The van der Waals surface area contributed by atoms with Crippen LogP contribution in [0.5, 0.6) is 5.75 Å². The molecule has 0 N–H and O–H groups in total. The molecule has 0 unspecified atom stereocenters. The molecule has 1 saturated heterocycles. The number of nitrogens with zero attached hydrogens (tertiary/aromatic N) is 4. The van der Waals surface area contributed by atoms with Gasteiger partial charge in [0.05, 0.1) is 29.9 Å². The van der Waals surface area contributed by atoms with E-state index in [1.807, 2.05) is 42.2 Å². The topological polar surface area (TPSA) is 72.9 Å². The summed E-state index contributed by atoms with van der Waals surface area (Å²) in [5.74, 6) is 2.31. The summed E-state index contributed by atoms with van der Waals surface area (Å²) in [5.41, 5.74) is 3.06. The van der Waals surface area contributed by atoms with Gasteiger partial charge in [-0.25, -0.2) is 9.97 Å². The van der Waals surface area contributed by atoms with Crippen LogP contribution >= 0.6 is 11.6 Å². The first-order chi connectivity index (χ1) is 16.0. The number of fused-ring (bicyclic) bond motifs is 1. The van der Waals surface area contributed by atoms with Gasteiger partial charge in [0.1, 0.15) is 22.9 Å². The number of carbonyl (C=O) groups excluding carboxylic acids is 1. The highest BCUT2D eigenvalue weighted by Gasteiger charge is 2.30. The number of aryl methyl sites for hydroxylation is 1. The Balaban J connectivity index is 1.33. The standard InChI is InChI=1S/C25H25ClN4O3/c1-16-23(30-15-19(26)8-9-22(30)28-16)25(31)29-10-4-6-18(14-29)24-27-13-21(33-24)12-17-5-3-7-20(11-17)32-2/h3,5,7-9,11,13,15,18H,4,6,10,12,14H2,1-2H3/t18-/m1/s1. The molecule has 4 aromatic rings. The number of aromatic nitrogens is 3. The van der Waals surface area contributed by atoms with Gasteiger partial charge in [0.15, 0.2) is 5.89 Å². The number of rotatable bonds is 5. The molecule has 170 valence electrons. The van der Waals surface area contributed by atoms with Crippen LogP contribution in [-0.2, 0) is 6.42 Å². The van der Waals surface area contributed by atoms with Gasteiger partial charge in [0.2, 0.25) is 0 Å². The van der Waals surface area contributed by atoms with Crippen molar-refractivity contribution in [3.63, 3.8) is 0 Å². The van der Waals surface area contributed by atoms with E-state index in [4.69, 9.17) is 20.8 Å². The molecule has 4 heterocycles. The summed E-state index contributed by atoms with van der Waals surface area (Å²) >= 11 is 6.17. The Bertz CT molecular complexity index is 1310. The number of likely N-dealkylation sites (tertiary alicyclic amines) is 1. The number of hydrogen-bond acceptors (Lipinski definition) is 5. The minimum atomic E-state index is -0.0462. The lowest BCUT2D eigenvalue weighted by Crippen LogP contribution is -2.40. The fraction of sp³-hybridized carbons (Fsp3) is 0.320. The monoisotopic (exact) mass is 464 g/mol. The van der Waals surface area contributed by atoms with Crippen LogP contribution in [0.15, 0.2) is 53.2 Å². The average Bonchev–Trinajstić information content (AvgIpc) is 3.42. The van der Waals surface area contributed by atoms with Crippen LogP contribution in [0.3, 0.4) is 0 Å². The predicted molar refractivity (Wildman–Crippen MR) is 125 cm³/mol. The Morgan fingerprint density at radius 1 is 1.30 bits per heavy atom. The smallest absolute Gasteiger partial charge is 0.272 e. The highest BCUT2D eigenvalue weighted by atomic mass is 35.5. The quantitative estimate of drug-likeness (QED) is 0.420. The molecule has 0 bridgehead atoms. The van der Waals surface area contributed by atoms with Crippen LogP contribution in [0.2, 0.25) is 5.02 Å². The predicted octanol–water partition coefficient (Wildman–Crippen LogP) is 4.90. The summed E-state index contributed by atoms with van der Waals surface area (Å²) in [6.45, 7) is 3.11. The first kappa shape index (κ1) is 21.5. The normalized spacial score (nSPS) is 16.3. The molecule has 0 saturated carbocycles. The number of piperidine rings is 1. The van der Waals surface area contributed by atoms with Crippen molar-refractivity contribution in [2.75, 3.05) is 20.2 Å². The number of hydrogen-bond donors (Lipinski definition) is 0. The van der Waals surface area contributed by atoms with Crippen LogP contribution in [0.1, 0.15) is 52.2 Å². The van der Waals surface area contributed by atoms with Crippen molar-refractivity contribution in [2.45, 2.75) is 32.1 Å². The summed E-state index contributed by atoms with van der Waals surface area (Å²) in [4.78, 5) is 24.4. The van der Waals surface area contributed by atoms with E-state index in [0.29, 0.717) is 47.5 Å². The maximum absolute atomic E-state index is 13.4. The van der Waals surface area contributed by atoms with Gasteiger partial charge >= 0.3 is 0 Å². The van der Waals surface area contributed by atoms with Gasteiger partial charge in [-0.05, 0) is 49.6 Å². The molecular formula is C25H25ClN4O3. The highest BCUT2D eigenvalue weighted by Crippen LogP contribution is 2.29. The van der Waals surface area contributed by atoms with Crippen molar-refractivity contribution >= 4 is 23.2 Å². The van der Waals surface area contributed by atoms with Gasteiger partial charge < -0.3 is 14.1 Å². The molecule has 0 radical (unpaired) electrons. The molecule has 1 aromatic carbocycles. The molecule has 1 aliphatic rings. The van der Waals surface area contributed by atoms with Gasteiger partial charge in [0.25, 0.3) is 5.91 Å². The van der Waals surface area contributed by atoms with E-state index in [1.165, 1.54) is 0 Å². The summed E-state index contributed by atoms with van der Waals surface area (Å²) in [6.07, 6.45) is 5.99. The third kappa shape index (κ3) is 4.33. The lowest BCUT2D eigenvalue weighted by atomic mass is 9.97. The van der Waals surface area contributed by atoms with Gasteiger partial charge in [-0.3, -0.25) is 9.20 Å². The minimum Gasteiger partial charge on any atom is -0.497 e. The molecule has 1 amide bonds. The second-order valence-corrected chi connectivity index (χ2v) is 8.84. The average molecular weight is 465 g/mol. The fourth-order valence-electron chi connectivity index (χ4n) is 4.48. The van der Waals surface area contributed by atoms with Crippen molar-refractivity contribution in [1.29, 1.82) is 0 Å². The second kappa shape index (κ2) is 8.90. The van der Waals surface area contributed by atoms with Crippen molar-refractivity contribution in [3.05, 3.63) is 82.4 Å². The van der Waals surface area contributed by atoms with Crippen molar-refractivity contribution < 1.29 is 13.9 Å². The fourth-order valence-corrected chi connectivity index (χ4v) is 4.64. The zero-order valence-corrected chi connectivity index (χ0v) is 19.4. The zero-order valence-electron chi connectivity index (χ0n) is 18.6. The van der Waals surface area contributed by atoms with E-state index in [0.717, 1.165) is 29.9 Å². The SMILES string of the molecule is COc1cccc(Cc2cnc([C@@H]3CCCN(C(=O)c4c(C)nc5ccc(Cl)cn45)C3)o2)c1. The molecule has 0 aliphatic carbocycles. The number of methoxy groups -OCH3 is 1. The van der Waals surface area contributed by atoms with Gasteiger partial charge in [0, 0.05) is 25.7 Å². The molecule has 5 rings (SSSR count). The zero-order chi connectivity index (χ0) is 22.9. The van der Waals surface area contributed by atoms with E-state index < -0.39 is 0 Å². The van der Waals surface area contributed by atoms with Crippen LogP contribution in [0, 0.1) is 6.92 Å². The van der Waals surface area contributed by atoms with Crippen LogP contribution in [-0.4, -0.2) is 45.4 Å². The van der Waals surface area contributed by atoms with Crippen LogP contribution in [0.25, 0.3) is 5.65 Å². The van der Waals surface area contributed by atoms with Gasteiger partial charge in [-0.15, -0.1) is 0 Å². The Hall–Kier alpha value is -3.32. The maximum Gasteiger partial charge on any atom is 0.272 e. The number of amides is 1. The number of pyridine rings is 1. The Morgan fingerprint density at radius 2 is 2.18 bits per heavy atom. The first-order valence-corrected chi connectivity index (χ1v) is 11.4. The van der Waals surface area contributed by atoms with E-state index in [9.17, 15) is 4.79 Å². The summed E-state index contributed by atoms with van der Waals surface area (Å²) in [6, 6.07) is 11.5. The maximum atomic E-state index is 13.4. The number of imidazole rings is 1. The van der Waals surface area contributed by atoms with Gasteiger partial charge in [-0.1, -0.05) is 23.7 Å². The molecule has 1 atom stereocenters. The van der Waals surface area contributed by atoms with Crippen LogP contribution < -0.4 is 4.74 Å². The van der Waals surface area contributed by atoms with Crippen molar-refractivity contribution in [1.82, 2.24) is 19.3 Å². The molecular weight excluding hydrogens is 440 g/mol. The summed E-state index contributed by atoms with van der Waals surface area (Å²) in [7, 11) is 1.66. The van der Waals surface area contributed by atoms with Crippen molar-refractivity contribution in [2.24, 2.45) is 0 Å². The van der Waals surface area contributed by atoms with Crippen LogP contribution in [0.4, 0.5) is 0 Å². The lowest BCUT2D eigenvalue weighted by Gasteiger charge is -2.31. The molecule has 8 heteroatoms. The van der Waals surface area contributed by atoms with Crippen molar-refractivity contribution in [3.8, 4) is 5.75 Å². The number of ether oxygens (including phenoxy) is 1. The number of halogens is 1. The molecule has 1 fully saturated rings. The first-order valence-electron chi connectivity index (χ1n) is 11.0. The third-order valence-corrected chi connectivity index (χ3v) is 6.32. The molecule has 7 nitrogen and oxygen atoms in total. The van der Waals surface area contributed by atoms with E-state index >= 15 is 0 Å². The highest BCUT2D eigenvalue weighted by molar-refractivity contribution is 6.30. The molecule has 0 spiro atoms. The lowest BCUT2D eigenvalue weighted by molar-refractivity contribution is 0.0690. The Labute approximate surface area is 197 Å².